The molecule has 1 heterocycles. The summed E-state index contributed by atoms with van der Waals surface area (Å²) in [6, 6.07) is 5.93. The molecule has 2 nitrogen and oxygen atoms in total. The molecule has 0 saturated carbocycles. The van der Waals surface area contributed by atoms with Gasteiger partial charge in [0.15, 0.2) is 0 Å². The van der Waals surface area contributed by atoms with E-state index in [4.69, 9.17) is 11.6 Å². The van der Waals surface area contributed by atoms with Crippen molar-refractivity contribution >= 4 is 27.5 Å². The summed E-state index contributed by atoms with van der Waals surface area (Å²) in [6.07, 6.45) is 2.69. The Morgan fingerprint density at radius 3 is 2.84 bits per heavy atom. The quantitative estimate of drug-likeness (QED) is 0.814. The SMILES string of the molecule is CC1CCN(CCNCc2cc(Cl)ccc2Br)CC1. The van der Waals surface area contributed by atoms with Crippen LogP contribution in [0.4, 0.5) is 0 Å². The molecule has 106 valence electrons. The van der Waals surface area contributed by atoms with E-state index in [1.165, 1.54) is 31.5 Å². The molecule has 0 spiro atoms. The molecule has 0 aromatic heterocycles. The van der Waals surface area contributed by atoms with Gasteiger partial charge in [-0.3, -0.25) is 0 Å². The van der Waals surface area contributed by atoms with Crippen LogP contribution in [0.15, 0.2) is 22.7 Å². The Kier molecular flexibility index (Phi) is 6.14. The molecule has 2 rings (SSSR count). The number of nitrogens with one attached hydrogen (secondary N) is 1. The van der Waals surface area contributed by atoms with E-state index in [2.05, 4.69) is 33.1 Å². The number of piperidine rings is 1. The Morgan fingerprint density at radius 1 is 1.37 bits per heavy atom. The Labute approximate surface area is 129 Å². The summed E-state index contributed by atoms with van der Waals surface area (Å²) in [6.45, 7) is 7.91. The maximum atomic E-state index is 6.01. The lowest BCUT2D eigenvalue weighted by Gasteiger charge is -2.30. The van der Waals surface area contributed by atoms with E-state index in [-0.39, 0.29) is 0 Å². The number of hydrogen-bond acceptors (Lipinski definition) is 2. The van der Waals surface area contributed by atoms with Gasteiger partial charge < -0.3 is 10.2 Å². The van der Waals surface area contributed by atoms with Crippen molar-refractivity contribution in [3.8, 4) is 0 Å². The van der Waals surface area contributed by atoms with Gasteiger partial charge >= 0.3 is 0 Å². The van der Waals surface area contributed by atoms with Crippen molar-refractivity contribution in [1.29, 1.82) is 0 Å². The molecular formula is C15H22BrClN2. The highest BCUT2D eigenvalue weighted by Crippen LogP contribution is 2.21. The third-order valence-corrected chi connectivity index (χ3v) is 4.81. The molecule has 0 amide bonds. The van der Waals surface area contributed by atoms with Crippen LogP contribution in [0.2, 0.25) is 5.02 Å². The van der Waals surface area contributed by atoms with Crippen LogP contribution >= 0.6 is 27.5 Å². The van der Waals surface area contributed by atoms with E-state index in [0.29, 0.717) is 0 Å². The fourth-order valence-electron chi connectivity index (χ4n) is 2.42. The van der Waals surface area contributed by atoms with Crippen LogP contribution in [0.3, 0.4) is 0 Å². The summed E-state index contributed by atoms with van der Waals surface area (Å²) in [5.41, 5.74) is 1.22. The van der Waals surface area contributed by atoms with E-state index in [1.54, 1.807) is 0 Å². The first-order valence-corrected chi connectivity index (χ1v) is 8.19. The van der Waals surface area contributed by atoms with E-state index in [9.17, 15) is 0 Å². The van der Waals surface area contributed by atoms with Crippen LogP contribution in [0, 0.1) is 5.92 Å². The van der Waals surface area contributed by atoms with Crippen molar-refractivity contribution < 1.29 is 0 Å². The van der Waals surface area contributed by atoms with Crippen molar-refractivity contribution in [2.45, 2.75) is 26.3 Å². The summed E-state index contributed by atoms with van der Waals surface area (Å²) in [7, 11) is 0. The van der Waals surface area contributed by atoms with Crippen LogP contribution in [0.25, 0.3) is 0 Å². The Hall–Kier alpha value is -0.0900. The van der Waals surface area contributed by atoms with Gasteiger partial charge in [0, 0.05) is 29.1 Å². The van der Waals surface area contributed by atoms with Crippen LogP contribution in [0.5, 0.6) is 0 Å². The predicted molar refractivity (Wildman–Crippen MR) is 85.7 cm³/mol. The number of benzene rings is 1. The number of halogens is 2. The largest absolute Gasteiger partial charge is 0.311 e. The van der Waals surface area contributed by atoms with Gasteiger partial charge in [-0.2, -0.15) is 0 Å². The van der Waals surface area contributed by atoms with Crippen molar-refractivity contribution in [1.82, 2.24) is 10.2 Å². The van der Waals surface area contributed by atoms with E-state index < -0.39 is 0 Å². The summed E-state index contributed by atoms with van der Waals surface area (Å²) in [5, 5.41) is 4.29. The average molecular weight is 346 g/mol. The van der Waals surface area contributed by atoms with Gasteiger partial charge in [0.25, 0.3) is 0 Å². The van der Waals surface area contributed by atoms with Crippen molar-refractivity contribution in [3.05, 3.63) is 33.3 Å². The number of hydrogen-bond donors (Lipinski definition) is 1. The second kappa shape index (κ2) is 7.63. The number of nitrogens with zero attached hydrogens (tertiary/aromatic N) is 1. The first-order chi connectivity index (χ1) is 9.15. The Bertz CT molecular complexity index is 403. The van der Waals surface area contributed by atoms with E-state index in [0.717, 1.165) is 35.0 Å². The molecular weight excluding hydrogens is 324 g/mol. The molecule has 1 aromatic carbocycles. The monoisotopic (exact) mass is 344 g/mol. The first kappa shape index (κ1) is 15.3. The minimum Gasteiger partial charge on any atom is -0.311 e. The van der Waals surface area contributed by atoms with Crippen molar-refractivity contribution in [2.24, 2.45) is 5.92 Å². The summed E-state index contributed by atoms with van der Waals surface area (Å²) >= 11 is 9.56. The van der Waals surface area contributed by atoms with E-state index in [1.807, 2.05) is 18.2 Å². The first-order valence-electron chi connectivity index (χ1n) is 7.02. The van der Waals surface area contributed by atoms with Gasteiger partial charge in [-0.05, 0) is 55.6 Å². The molecule has 0 atom stereocenters. The predicted octanol–water partition coefficient (Wildman–Crippen LogP) is 3.92. The van der Waals surface area contributed by atoms with Gasteiger partial charge in [-0.25, -0.2) is 0 Å². The van der Waals surface area contributed by atoms with Crippen LogP contribution in [-0.4, -0.2) is 31.1 Å². The standard InChI is InChI=1S/C15H22BrClN2/c1-12-4-7-19(8-5-12)9-6-18-11-13-10-14(17)2-3-15(13)16/h2-3,10,12,18H,4-9,11H2,1H3. The van der Waals surface area contributed by atoms with E-state index >= 15 is 0 Å². The summed E-state index contributed by atoms with van der Waals surface area (Å²) < 4.78 is 1.12. The zero-order valence-corrected chi connectivity index (χ0v) is 13.8. The highest BCUT2D eigenvalue weighted by atomic mass is 79.9. The zero-order valence-electron chi connectivity index (χ0n) is 11.5. The Morgan fingerprint density at radius 2 is 2.11 bits per heavy atom. The van der Waals surface area contributed by atoms with Gasteiger partial charge in [0.1, 0.15) is 0 Å². The molecule has 4 heteroatoms. The normalized spacial score (nSPS) is 17.8. The average Bonchev–Trinajstić information content (AvgIpc) is 2.40. The van der Waals surface area contributed by atoms with Gasteiger partial charge in [0.05, 0.1) is 0 Å². The third-order valence-electron chi connectivity index (χ3n) is 3.80. The molecule has 1 fully saturated rings. The molecule has 1 aliphatic heterocycles. The topological polar surface area (TPSA) is 15.3 Å². The third kappa shape index (κ3) is 5.07. The molecule has 19 heavy (non-hydrogen) atoms. The minimum absolute atomic E-state index is 0.796. The smallest absolute Gasteiger partial charge is 0.0410 e. The lowest BCUT2D eigenvalue weighted by molar-refractivity contribution is 0.193. The lowest BCUT2D eigenvalue weighted by atomic mass is 9.99. The van der Waals surface area contributed by atoms with Gasteiger partial charge in [-0.15, -0.1) is 0 Å². The molecule has 1 aromatic rings. The molecule has 1 aliphatic rings. The molecule has 0 radical (unpaired) electrons. The fourth-order valence-corrected chi connectivity index (χ4v) is 3.01. The van der Waals surface area contributed by atoms with Gasteiger partial charge in [-0.1, -0.05) is 34.5 Å². The molecule has 0 unspecified atom stereocenters. The summed E-state index contributed by atoms with van der Waals surface area (Å²) in [5.74, 6) is 0.909. The molecule has 1 N–H and O–H groups in total. The number of likely N-dealkylation sites (tertiary alicyclic amines) is 1. The second-order valence-electron chi connectivity index (χ2n) is 5.44. The summed E-state index contributed by atoms with van der Waals surface area (Å²) in [4.78, 5) is 2.56. The van der Waals surface area contributed by atoms with Crippen molar-refractivity contribution in [2.75, 3.05) is 26.2 Å². The zero-order chi connectivity index (χ0) is 13.7. The molecule has 0 aliphatic carbocycles. The maximum absolute atomic E-state index is 6.01. The number of rotatable bonds is 5. The highest BCUT2D eigenvalue weighted by Gasteiger charge is 2.14. The van der Waals surface area contributed by atoms with Crippen LogP contribution in [-0.2, 0) is 6.54 Å². The highest BCUT2D eigenvalue weighted by molar-refractivity contribution is 9.10. The van der Waals surface area contributed by atoms with Gasteiger partial charge in [0.2, 0.25) is 0 Å². The second-order valence-corrected chi connectivity index (χ2v) is 6.73. The molecule has 1 saturated heterocycles. The van der Waals surface area contributed by atoms with Crippen LogP contribution < -0.4 is 5.32 Å². The lowest BCUT2D eigenvalue weighted by Crippen LogP contribution is -2.37. The van der Waals surface area contributed by atoms with Crippen LogP contribution in [0.1, 0.15) is 25.3 Å². The van der Waals surface area contributed by atoms with Crippen molar-refractivity contribution in [3.63, 3.8) is 0 Å². The maximum Gasteiger partial charge on any atom is 0.0410 e. The molecule has 0 bridgehead atoms. The minimum atomic E-state index is 0.796. The Balaban J connectivity index is 1.68. The fraction of sp³-hybridized carbons (Fsp3) is 0.600.